The highest BCUT2D eigenvalue weighted by Gasteiger charge is 2.00. The fourth-order valence-corrected chi connectivity index (χ4v) is 1.32. The Bertz CT molecular complexity index is 263. The molecule has 66 valence electrons. The standard InChI is InChI=1S/C9H11BrFN/c1-12-5-4-7-2-3-8(10)6-9(7)11/h2-3,6,12H,4-5H2,1H3. The van der Waals surface area contributed by atoms with E-state index < -0.39 is 0 Å². The molecule has 1 N–H and O–H groups in total. The van der Waals surface area contributed by atoms with Gasteiger partial charge in [-0.15, -0.1) is 0 Å². The zero-order valence-electron chi connectivity index (χ0n) is 6.90. The Morgan fingerprint density at radius 3 is 2.83 bits per heavy atom. The van der Waals surface area contributed by atoms with Crippen LogP contribution in [0.25, 0.3) is 0 Å². The number of halogens is 2. The molecule has 3 heteroatoms. The summed E-state index contributed by atoms with van der Waals surface area (Å²) in [5.74, 6) is -0.139. The monoisotopic (exact) mass is 231 g/mol. The first kappa shape index (κ1) is 9.68. The number of hydrogen-bond acceptors (Lipinski definition) is 1. The van der Waals surface area contributed by atoms with Crippen LogP contribution >= 0.6 is 15.9 Å². The molecule has 1 aromatic rings. The van der Waals surface area contributed by atoms with E-state index in [4.69, 9.17) is 0 Å². The molecule has 0 unspecified atom stereocenters. The lowest BCUT2D eigenvalue weighted by Crippen LogP contribution is -2.11. The van der Waals surface area contributed by atoms with Gasteiger partial charge in [-0.1, -0.05) is 22.0 Å². The summed E-state index contributed by atoms with van der Waals surface area (Å²) < 4.78 is 13.9. The quantitative estimate of drug-likeness (QED) is 0.843. The van der Waals surface area contributed by atoms with E-state index in [9.17, 15) is 4.39 Å². The van der Waals surface area contributed by atoms with E-state index in [1.54, 1.807) is 6.07 Å². The summed E-state index contributed by atoms with van der Waals surface area (Å²) in [6.07, 6.45) is 0.732. The predicted molar refractivity (Wildman–Crippen MR) is 51.7 cm³/mol. The molecule has 1 nitrogen and oxygen atoms in total. The maximum absolute atomic E-state index is 13.1. The van der Waals surface area contributed by atoms with Crippen LogP contribution in [-0.2, 0) is 6.42 Å². The third-order valence-corrected chi connectivity index (χ3v) is 2.15. The molecule has 0 aliphatic heterocycles. The smallest absolute Gasteiger partial charge is 0.127 e. The van der Waals surface area contributed by atoms with Crippen LogP contribution in [0.4, 0.5) is 4.39 Å². The summed E-state index contributed by atoms with van der Waals surface area (Å²) in [6.45, 7) is 0.804. The molecule has 12 heavy (non-hydrogen) atoms. The van der Waals surface area contributed by atoms with Gasteiger partial charge in [-0.05, 0) is 37.7 Å². The largest absolute Gasteiger partial charge is 0.319 e. The molecule has 0 heterocycles. The molecule has 0 spiro atoms. The molecule has 1 aromatic carbocycles. The molecule has 0 radical (unpaired) electrons. The van der Waals surface area contributed by atoms with Crippen LogP contribution in [0.1, 0.15) is 5.56 Å². The first-order valence-electron chi connectivity index (χ1n) is 3.82. The Labute approximate surface area is 80.1 Å². The van der Waals surface area contributed by atoms with Gasteiger partial charge in [0, 0.05) is 4.47 Å². The van der Waals surface area contributed by atoms with Gasteiger partial charge >= 0.3 is 0 Å². The molecule has 0 saturated carbocycles. The highest BCUT2D eigenvalue weighted by atomic mass is 79.9. The van der Waals surface area contributed by atoms with E-state index in [0.717, 1.165) is 23.0 Å². The Hall–Kier alpha value is -0.410. The number of likely N-dealkylation sites (N-methyl/N-ethyl adjacent to an activating group) is 1. The van der Waals surface area contributed by atoms with Gasteiger partial charge in [0.15, 0.2) is 0 Å². The number of benzene rings is 1. The summed E-state index contributed by atoms with van der Waals surface area (Å²) >= 11 is 3.21. The van der Waals surface area contributed by atoms with Crippen LogP contribution < -0.4 is 5.32 Å². The first-order valence-corrected chi connectivity index (χ1v) is 4.62. The normalized spacial score (nSPS) is 10.2. The summed E-state index contributed by atoms with van der Waals surface area (Å²) in [6, 6.07) is 5.15. The first-order chi connectivity index (χ1) is 5.74. The minimum atomic E-state index is -0.139. The average Bonchev–Trinajstić information content (AvgIpc) is 2.03. The lowest BCUT2D eigenvalue weighted by atomic mass is 10.1. The summed E-state index contributed by atoms with van der Waals surface area (Å²) in [5, 5.41) is 2.98. The Kier molecular flexibility index (Phi) is 3.69. The molecule has 0 bridgehead atoms. The van der Waals surface area contributed by atoms with Crippen molar-refractivity contribution in [1.82, 2.24) is 5.32 Å². The van der Waals surface area contributed by atoms with E-state index in [1.807, 2.05) is 13.1 Å². The topological polar surface area (TPSA) is 12.0 Å². The van der Waals surface area contributed by atoms with Crippen molar-refractivity contribution < 1.29 is 4.39 Å². The van der Waals surface area contributed by atoms with Crippen LogP contribution in [0, 0.1) is 5.82 Å². The van der Waals surface area contributed by atoms with E-state index in [-0.39, 0.29) is 5.82 Å². The minimum Gasteiger partial charge on any atom is -0.319 e. The summed E-state index contributed by atoms with van der Waals surface area (Å²) in [5.41, 5.74) is 0.757. The molecule has 0 aromatic heterocycles. The molecular weight excluding hydrogens is 221 g/mol. The lowest BCUT2D eigenvalue weighted by Gasteiger charge is -2.02. The van der Waals surface area contributed by atoms with Gasteiger partial charge in [-0.25, -0.2) is 4.39 Å². The molecule has 0 fully saturated rings. The van der Waals surface area contributed by atoms with Gasteiger partial charge in [0.25, 0.3) is 0 Å². The van der Waals surface area contributed by atoms with Crippen LogP contribution in [0.3, 0.4) is 0 Å². The summed E-state index contributed by atoms with van der Waals surface area (Å²) in [7, 11) is 1.86. The number of nitrogens with one attached hydrogen (secondary N) is 1. The second-order valence-corrected chi connectivity index (χ2v) is 3.50. The van der Waals surface area contributed by atoms with Gasteiger partial charge < -0.3 is 5.32 Å². The molecule has 0 aliphatic rings. The van der Waals surface area contributed by atoms with E-state index in [2.05, 4.69) is 21.2 Å². The van der Waals surface area contributed by atoms with Crippen molar-refractivity contribution in [3.8, 4) is 0 Å². The minimum absolute atomic E-state index is 0.139. The Balaban J connectivity index is 2.72. The lowest BCUT2D eigenvalue weighted by molar-refractivity contribution is 0.604. The van der Waals surface area contributed by atoms with Crippen LogP contribution in [0.2, 0.25) is 0 Å². The van der Waals surface area contributed by atoms with Gasteiger partial charge in [0.2, 0.25) is 0 Å². The van der Waals surface area contributed by atoms with Crippen molar-refractivity contribution in [3.05, 3.63) is 34.1 Å². The van der Waals surface area contributed by atoms with Gasteiger partial charge in [-0.2, -0.15) is 0 Å². The summed E-state index contributed by atoms with van der Waals surface area (Å²) in [4.78, 5) is 0. The Morgan fingerprint density at radius 2 is 2.25 bits per heavy atom. The number of hydrogen-bond donors (Lipinski definition) is 1. The van der Waals surface area contributed by atoms with Crippen molar-refractivity contribution in [2.45, 2.75) is 6.42 Å². The van der Waals surface area contributed by atoms with Crippen molar-refractivity contribution in [2.24, 2.45) is 0 Å². The highest BCUT2D eigenvalue weighted by molar-refractivity contribution is 9.10. The van der Waals surface area contributed by atoms with Crippen LogP contribution in [-0.4, -0.2) is 13.6 Å². The van der Waals surface area contributed by atoms with E-state index in [1.165, 1.54) is 6.07 Å². The van der Waals surface area contributed by atoms with Crippen molar-refractivity contribution in [1.29, 1.82) is 0 Å². The van der Waals surface area contributed by atoms with Crippen LogP contribution in [0.5, 0.6) is 0 Å². The van der Waals surface area contributed by atoms with Crippen molar-refractivity contribution in [2.75, 3.05) is 13.6 Å². The van der Waals surface area contributed by atoms with Crippen LogP contribution in [0.15, 0.2) is 22.7 Å². The van der Waals surface area contributed by atoms with Gasteiger partial charge in [0.1, 0.15) is 5.82 Å². The zero-order chi connectivity index (χ0) is 8.97. The Morgan fingerprint density at radius 1 is 1.50 bits per heavy atom. The molecule has 0 amide bonds. The zero-order valence-corrected chi connectivity index (χ0v) is 8.49. The van der Waals surface area contributed by atoms with E-state index in [0.29, 0.717) is 0 Å². The third kappa shape index (κ3) is 2.57. The predicted octanol–water partition coefficient (Wildman–Crippen LogP) is 2.35. The molecule has 1 rings (SSSR count). The SMILES string of the molecule is CNCCc1ccc(Br)cc1F. The fourth-order valence-electron chi connectivity index (χ4n) is 0.984. The number of rotatable bonds is 3. The van der Waals surface area contributed by atoms with E-state index >= 15 is 0 Å². The molecule has 0 atom stereocenters. The second-order valence-electron chi connectivity index (χ2n) is 2.59. The van der Waals surface area contributed by atoms with Gasteiger partial charge in [0.05, 0.1) is 0 Å². The molecule has 0 aliphatic carbocycles. The highest BCUT2D eigenvalue weighted by Crippen LogP contribution is 2.15. The maximum atomic E-state index is 13.1. The molecule has 0 saturated heterocycles. The van der Waals surface area contributed by atoms with Crippen molar-refractivity contribution in [3.63, 3.8) is 0 Å². The second kappa shape index (κ2) is 4.58. The van der Waals surface area contributed by atoms with Crippen molar-refractivity contribution >= 4 is 15.9 Å². The molecular formula is C9H11BrFN. The average molecular weight is 232 g/mol. The fraction of sp³-hybridized carbons (Fsp3) is 0.333. The van der Waals surface area contributed by atoms with Gasteiger partial charge in [-0.3, -0.25) is 0 Å². The maximum Gasteiger partial charge on any atom is 0.127 e. The third-order valence-electron chi connectivity index (χ3n) is 1.66.